The van der Waals surface area contributed by atoms with Crippen molar-refractivity contribution < 1.29 is 13.2 Å². The highest BCUT2D eigenvalue weighted by Crippen LogP contribution is 2.26. The second-order valence-corrected chi connectivity index (χ2v) is 9.76. The predicted octanol–water partition coefficient (Wildman–Crippen LogP) is 4.20. The Kier molecular flexibility index (Phi) is 6.96. The molecule has 1 aliphatic rings. The van der Waals surface area contributed by atoms with Crippen molar-refractivity contribution in [2.45, 2.75) is 50.8 Å². The summed E-state index contributed by atoms with van der Waals surface area (Å²) in [5.74, 6) is 0.224. The van der Waals surface area contributed by atoms with Crippen LogP contribution in [0.1, 0.15) is 43.2 Å². The first-order valence-corrected chi connectivity index (χ1v) is 11.7. The van der Waals surface area contributed by atoms with Crippen LogP contribution in [0.15, 0.2) is 53.4 Å². The Labute approximate surface area is 174 Å². The molecule has 1 saturated carbocycles. The van der Waals surface area contributed by atoms with Gasteiger partial charge in [0, 0.05) is 6.54 Å². The molecule has 1 N–H and O–H groups in total. The first kappa shape index (κ1) is 21.4. The molecular weight excluding hydrogens is 384 g/mol. The second-order valence-electron chi connectivity index (χ2n) is 7.90. The monoisotopic (exact) mass is 414 g/mol. The number of aryl methyl sites for hydroxylation is 2. The quantitative estimate of drug-likeness (QED) is 0.739. The van der Waals surface area contributed by atoms with Crippen LogP contribution in [0, 0.1) is 19.8 Å². The largest absolute Gasteiger partial charge is 0.354 e. The summed E-state index contributed by atoms with van der Waals surface area (Å²) in [6, 6.07) is 13.7. The molecule has 0 aliphatic heterocycles. The van der Waals surface area contributed by atoms with E-state index >= 15 is 0 Å². The number of benzene rings is 2. The molecule has 0 heterocycles. The number of amides is 1. The zero-order valence-electron chi connectivity index (χ0n) is 17.2. The van der Waals surface area contributed by atoms with Crippen LogP contribution in [0.3, 0.4) is 0 Å². The highest BCUT2D eigenvalue weighted by Gasteiger charge is 2.27. The molecule has 3 rings (SSSR count). The minimum atomic E-state index is -3.85. The fourth-order valence-electron chi connectivity index (χ4n) is 3.75. The second kappa shape index (κ2) is 9.44. The molecule has 2 aromatic rings. The molecule has 0 atom stereocenters. The van der Waals surface area contributed by atoms with Gasteiger partial charge in [-0.3, -0.25) is 9.10 Å². The van der Waals surface area contributed by atoms with Crippen molar-refractivity contribution in [1.29, 1.82) is 0 Å². The number of hydrogen-bond acceptors (Lipinski definition) is 3. The number of carbonyl (C=O) groups is 1. The molecule has 0 saturated heterocycles. The Morgan fingerprint density at radius 1 is 1.00 bits per heavy atom. The predicted molar refractivity (Wildman–Crippen MR) is 116 cm³/mol. The van der Waals surface area contributed by atoms with Gasteiger partial charge in [0.05, 0.1) is 10.6 Å². The average molecular weight is 415 g/mol. The van der Waals surface area contributed by atoms with Crippen molar-refractivity contribution in [2.75, 3.05) is 17.4 Å². The molecule has 0 radical (unpaired) electrons. The van der Waals surface area contributed by atoms with Gasteiger partial charge in [0.2, 0.25) is 5.91 Å². The molecule has 29 heavy (non-hydrogen) atoms. The normalized spacial score (nSPS) is 15.1. The summed E-state index contributed by atoms with van der Waals surface area (Å²) in [5.41, 5.74) is 2.57. The molecule has 1 aliphatic carbocycles. The molecule has 1 fully saturated rings. The SMILES string of the molecule is Cc1ccc(N(CC(=O)NCC2CCCCC2)S(=O)(=O)c2ccccc2)cc1C. The van der Waals surface area contributed by atoms with E-state index in [4.69, 9.17) is 0 Å². The third kappa shape index (κ3) is 5.38. The lowest BCUT2D eigenvalue weighted by atomic mass is 9.89. The summed E-state index contributed by atoms with van der Waals surface area (Å²) in [7, 11) is -3.85. The van der Waals surface area contributed by atoms with Gasteiger partial charge >= 0.3 is 0 Å². The summed E-state index contributed by atoms with van der Waals surface area (Å²) in [6.07, 6.45) is 5.93. The highest BCUT2D eigenvalue weighted by atomic mass is 32.2. The van der Waals surface area contributed by atoms with Crippen LogP contribution < -0.4 is 9.62 Å². The van der Waals surface area contributed by atoms with Gasteiger partial charge in [-0.1, -0.05) is 43.5 Å². The van der Waals surface area contributed by atoms with Crippen molar-refractivity contribution >= 4 is 21.6 Å². The fraction of sp³-hybridized carbons (Fsp3) is 0.435. The zero-order valence-corrected chi connectivity index (χ0v) is 18.0. The van der Waals surface area contributed by atoms with E-state index in [1.165, 1.54) is 23.6 Å². The third-order valence-corrected chi connectivity index (χ3v) is 7.50. The van der Waals surface area contributed by atoms with Crippen LogP contribution >= 0.6 is 0 Å². The zero-order chi connectivity index (χ0) is 20.9. The summed E-state index contributed by atoms with van der Waals surface area (Å²) in [5, 5.41) is 2.96. The van der Waals surface area contributed by atoms with E-state index in [1.807, 2.05) is 26.0 Å². The van der Waals surface area contributed by atoms with Crippen LogP contribution in [-0.4, -0.2) is 27.4 Å². The number of hydrogen-bond donors (Lipinski definition) is 1. The lowest BCUT2D eigenvalue weighted by Crippen LogP contribution is -2.42. The van der Waals surface area contributed by atoms with E-state index in [0.717, 1.165) is 24.0 Å². The Morgan fingerprint density at radius 2 is 1.69 bits per heavy atom. The lowest BCUT2D eigenvalue weighted by molar-refractivity contribution is -0.119. The van der Waals surface area contributed by atoms with Gasteiger partial charge in [0.15, 0.2) is 0 Å². The Bertz CT molecular complexity index is 936. The molecule has 6 heteroatoms. The molecular formula is C23H30N2O3S. The van der Waals surface area contributed by atoms with Gasteiger partial charge in [0.1, 0.15) is 6.54 Å². The number of nitrogens with zero attached hydrogens (tertiary/aromatic N) is 1. The summed E-state index contributed by atoms with van der Waals surface area (Å²) in [6.45, 7) is 4.30. The van der Waals surface area contributed by atoms with Crippen molar-refractivity contribution in [3.8, 4) is 0 Å². The van der Waals surface area contributed by atoms with Gasteiger partial charge < -0.3 is 5.32 Å². The van der Waals surface area contributed by atoms with Gasteiger partial charge in [-0.05, 0) is 68.0 Å². The third-order valence-electron chi connectivity index (χ3n) is 5.71. The van der Waals surface area contributed by atoms with Crippen molar-refractivity contribution in [2.24, 2.45) is 5.92 Å². The first-order chi connectivity index (χ1) is 13.9. The van der Waals surface area contributed by atoms with Gasteiger partial charge in [-0.15, -0.1) is 0 Å². The van der Waals surface area contributed by atoms with Crippen LogP contribution in [0.5, 0.6) is 0 Å². The molecule has 0 spiro atoms. The Balaban J connectivity index is 1.82. The number of sulfonamides is 1. The minimum absolute atomic E-state index is 0.179. The van der Waals surface area contributed by atoms with Crippen LogP contribution in [0.25, 0.3) is 0 Å². The van der Waals surface area contributed by atoms with Crippen molar-refractivity contribution in [1.82, 2.24) is 5.32 Å². The maximum atomic E-state index is 13.3. The highest BCUT2D eigenvalue weighted by molar-refractivity contribution is 7.92. The van der Waals surface area contributed by atoms with E-state index in [0.29, 0.717) is 18.2 Å². The summed E-state index contributed by atoms with van der Waals surface area (Å²) >= 11 is 0. The van der Waals surface area contributed by atoms with E-state index < -0.39 is 10.0 Å². The topological polar surface area (TPSA) is 66.5 Å². The maximum absolute atomic E-state index is 13.3. The van der Waals surface area contributed by atoms with Gasteiger partial charge in [-0.25, -0.2) is 8.42 Å². The van der Waals surface area contributed by atoms with E-state index in [9.17, 15) is 13.2 Å². The number of carbonyl (C=O) groups excluding carboxylic acids is 1. The van der Waals surface area contributed by atoms with E-state index in [2.05, 4.69) is 5.32 Å². The first-order valence-electron chi connectivity index (χ1n) is 10.3. The van der Waals surface area contributed by atoms with Crippen LogP contribution in [-0.2, 0) is 14.8 Å². The van der Waals surface area contributed by atoms with Crippen molar-refractivity contribution in [3.63, 3.8) is 0 Å². The Morgan fingerprint density at radius 3 is 2.34 bits per heavy atom. The molecule has 0 unspecified atom stereocenters. The smallest absolute Gasteiger partial charge is 0.264 e. The number of nitrogens with one attached hydrogen (secondary N) is 1. The molecule has 0 aromatic heterocycles. The maximum Gasteiger partial charge on any atom is 0.264 e. The number of anilines is 1. The minimum Gasteiger partial charge on any atom is -0.354 e. The van der Waals surface area contributed by atoms with E-state index in [-0.39, 0.29) is 17.3 Å². The standard InChI is InChI=1S/C23H30N2O3S/c1-18-13-14-21(15-19(18)2)25(29(27,28)22-11-7-4-8-12-22)17-23(26)24-16-20-9-5-3-6-10-20/h4,7-8,11-15,20H,3,5-6,9-10,16-17H2,1-2H3,(H,24,26). The number of rotatable bonds is 7. The molecule has 0 bridgehead atoms. The molecule has 1 amide bonds. The average Bonchev–Trinajstić information content (AvgIpc) is 2.74. The molecule has 156 valence electrons. The van der Waals surface area contributed by atoms with Crippen molar-refractivity contribution in [3.05, 3.63) is 59.7 Å². The summed E-state index contributed by atoms with van der Waals surface area (Å²) in [4.78, 5) is 12.9. The van der Waals surface area contributed by atoms with E-state index in [1.54, 1.807) is 36.4 Å². The van der Waals surface area contributed by atoms with Crippen LogP contribution in [0.2, 0.25) is 0 Å². The Hall–Kier alpha value is -2.34. The molecule has 5 nitrogen and oxygen atoms in total. The summed E-state index contributed by atoms with van der Waals surface area (Å²) < 4.78 is 27.8. The van der Waals surface area contributed by atoms with Gasteiger partial charge in [-0.2, -0.15) is 0 Å². The lowest BCUT2D eigenvalue weighted by Gasteiger charge is -2.26. The van der Waals surface area contributed by atoms with Gasteiger partial charge in [0.25, 0.3) is 10.0 Å². The fourth-order valence-corrected chi connectivity index (χ4v) is 5.19. The molecule has 2 aromatic carbocycles. The van der Waals surface area contributed by atoms with Crippen LogP contribution in [0.4, 0.5) is 5.69 Å².